The maximum Gasteiger partial charge on any atom is 0.253 e. The first-order valence-corrected chi connectivity index (χ1v) is 12.9. The first-order chi connectivity index (χ1) is 16.5. The van der Waals surface area contributed by atoms with E-state index in [1.165, 1.54) is 17.7 Å². The van der Waals surface area contributed by atoms with E-state index in [-0.39, 0.29) is 17.3 Å². The lowest BCUT2D eigenvalue weighted by Gasteiger charge is -2.34. The van der Waals surface area contributed by atoms with Crippen molar-refractivity contribution in [2.75, 3.05) is 32.7 Å². The number of rotatable bonds is 8. The molecule has 1 saturated heterocycles. The highest BCUT2D eigenvalue weighted by molar-refractivity contribution is 7.89. The van der Waals surface area contributed by atoms with Gasteiger partial charge in [-0.15, -0.1) is 0 Å². The van der Waals surface area contributed by atoms with Crippen LogP contribution >= 0.6 is 0 Å². The number of benzene rings is 3. The normalized spacial score (nSPS) is 15.0. The molecule has 1 amide bonds. The zero-order chi connectivity index (χ0) is 23.8. The summed E-state index contributed by atoms with van der Waals surface area (Å²) in [6, 6.07) is 25.8. The molecular formula is C27H29N3O3S. The molecule has 0 atom stereocenters. The SMILES string of the molecule is O=C(c1cccc(S(=O)(=O)NCc2ccccc2)c1)N1CCN(C/C=C/c2ccccc2)CC1. The Kier molecular flexibility index (Phi) is 7.90. The molecule has 1 aliphatic rings. The summed E-state index contributed by atoms with van der Waals surface area (Å²) in [6.45, 7) is 3.81. The molecule has 3 aromatic carbocycles. The second-order valence-corrected chi connectivity index (χ2v) is 10.0. The molecule has 0 spiro atoms. The fraction of sp³-hybridized carbons (Fsp3) is 0.222. The average molecular weight is 476 g/mol. The Balaban J connectivity index is 1.32. The van der Waals surface area contributed by atoms with Gasteiger partial charge in [0.2, 0.25) is 10.0 Å². The van der Waals surface area contributed by atoms with Gasteiger partial charge in [-0.1, -0.05) is 78.9 Å². The van der Waals surface area contributed by atoms with Crippen molar-refractivity contribution in [1.29, 1.82) is 0 Å². The predicted molar refractivity (Wildman–Crippen MR) is 135 cm³/mol. The zero-order valence-electron chi connectivity index (χ0n) is 19.0. The molecule has 6 nitrogen and oxygen atoms in total. The number of hydrogen-bond donors (Lipinski definition) is 1. The lowest BCUT2D eigenvalue weighted by atomic mass is 10.1. The summed E-state index contributed by atoms with van der Waals surface area (Å²) in [5, 5.41) is 0. The maximum atomic E-state index is 13.0. The molecule has 1 heterocycles. The van der Waals surface area contributed by atoms with Crippen molar-refractivity contribution in [3.63, 3.8) is 0 Å². The highest BCUT2D eigenvalue weighted by atomic mass is 32.2. The van der Waals surface area contributed by atoms with Crippen molar-refractivity contribution < 1.29 is 13.2 Å². The third-order valence-corrected chi connectivity index (χ3v) is 7.23. The van der Waals surface area contributed by atoms with E-state index < -0.39 is 10.0 Å². The zero-order valence-corrected chi connectivity index (χ0v) is 19.8. The number of nitrogens with zero attached hydrogens (tertiary/aromatic N) is 2. The first-order valence-electron chi connectivity index (χ1n) is 11.4. The highest BCUT2D eigenvalue weighted by Crippen LogP contribution is 2.15. The molecule has 7 heteroatoms. The Labute approximate surface area is 201 Å². The standard InChI is InChI=1S/C27H29N3O3S/c31-27(30-19-17-29(18-20-30)16-8-13-23-9-3-1-4-10-23)25-14-7-15-26(21-25)34(32,33)28-22-24-11-5-2-6-12-24/h1-15,21,28H,16-20,22H2/b13-8+. The van der Waals surface area contributed by atoms with E-state index in [1.807, 2.05) is 48.5 Å². The lowest BCUT2D eigenvalue weighted by molar-refractivity contribution is 0.0650. The molecule has 1 fully saturated rings. The Morgan fingerprint density at radius 2 is 1.53 bits per heavy atom. The molecule has 1 aliphatic heterocycles. The van der Waals surface area contributed by atoms with E-state index in [0.717, 1.165) is 25.2 Å². The molecule has 3 aromatic rings. The molecule has 0 saturated carbocycles. The fourth-order valence-electron chi connectivity index (χ4n) is 3.87. The van der Waals surface area contributed by atoms with Gasteiger partial charge in [0.25, 0.3) is 5.91 Å². The minimum atomic E-state index is -3.72. The van der Waals surface area contributed by atoms with Crippen LogP contribution in [0.3, 0.4) is 0 Å². The van der Waals surface area contributed by atoms with Crippen LogP contribution in [0.15, 0.2) is 95.9 Å². The van der Waals surface area contributed by atoms with E-state index in [2.05, 4.69) is 33.9 Å². The van der Waals surface area contributed by atoms with Crippen LogP contribution in [0.1, 0.15) is 21.5 Å². The van der Waals surface area contributed by atoms with Crippen LogP contribution < -0.4 is 4.72 Å². The van der Waals surface area contributed by atoms with E-state index in [1.54, 1.807) is 17.0 Å². The summed E-state index contributed by atoms with van der Waals surface area (Å²) in [5.74, 6) is -0.139. The molecule has 34 heavy (non-hydrogen) atoms. The van der Waals surface area contributed by atoms with Gasteiger partial charge < -0.3 is 4.90 Å². The monoisotopic (exact) mass is 475 g/mol. The van der Waals surface area contributed by atoms with Gasteiger partial charge in [0.05, 0.1) is 4.90 Å². The average Bonchev–Trinajstić information content (AvgIpc) is 2.89. The smallest absolute Gasteiger partial charge is 0.253 e. The van der Waals surface area contributed by atoms with Crippen LogP contribution in [0, 0.1) is 0 Å². The molecule has 176 valence electrons. The summed E-state index contributed by atoms with van der Waals surface area (Å²) < 4.78 is 28.1. The summed E-state index contributed by atoms with van der Waals surface area (Å²) in [7, 11) is -3.72. The summed E-state index contributed by atoms with van der Waals surface area (Å²) in [6.07, 6.45) is 4.25. The minimum absolute atomic E-state index is 0.0963. The summed E-state index contributed by atoms with van der Waals surface area (Å²) >= 11 is 0. The van der Waals surface area contributed by atoms with Crippen molar-refractivity contribution in [2.24, 2.45) is 0 Å². The summed E-state index contributed by atoms with van der Waals surface area (Å²) in [4.78, 5) is 17.2. The quantitative estimate of drug-likeness (QED) is 0.540. The molecular weight excluding hydrogens is 446 g/mol. The molecule has 0 aromatic heterocycles. The number of carbonyl (C=O) groups excluding carboxylic acids is 1. The molecule has 0 bridgehead atoms. The Hall–Kier alpha value is -3.26. The van der Waals surface area contributed by atoms with E-state index in [0.29, 0.717) is 18.7 Å². The van der Waals surface area contributed by atoms with Crippen LogP contribution in [0.2, 0.25) is 0 Å². The minimum Gasteiger partial charge on any atom is -0.336 e. The van der Waals surface area contributed by atoms with Gasteiger partial charge in [-0.05, 0) is 29.3 Å². The second-order valence-electron chi connectivity index (χ2n) is 8.24. The predicted octanol–water partition coefficient (Wildman–Crippen LogP) is 3.64. The second kappa shape index (κ2) is 11.2. The molecule has 0 radical (unpaired) electrons. The van der Waals surface area contributed by atoms with Gasteiger partial charge >= 0.3 is 0 Å². The first kappa shape index (κ1) is 23.9. The molecule has 0 aliphatic carbocycles. The maximum absolute atomic E-state index is 13.0. The van der Waals surface area contributed by atoms with E-state index in [9.17, 15) is 13.2 Å². The number of carbonyl (C=O) groups is 1. The number of piperazine rings is 1. The molecule has 0 unspecified atom stereocenters. The van der Waals surface area contributed by atoms with Gasteiger partial charge in [-0.3, -0.25) is 9.69 Å². The molecule has 4 rings (SSSR count). The van der Waals surface area contributed by atoms with Gasteiger partial charge in [-0.2, -0.15) is 0 Å². The number of hydrogen-bond acceptors (Lipinski definition) is 4. The van der Waals surface area contributed by atoms with Crippen LogP contribution in [0.25, 0.3) is 6.08 Å². The van der Waals surface area contributed by atoms with Crippen molar-refractivity contribution in [3.05, 3.63) is 108 Å². The van der Waals surface area contributed by atoms with Gasteiger partial charge in [0.1, 0.15) is 0 Å². The van der Waals surface area contributed by atoms with Crippen LogP contribution in [0.4, 0.5) is 0 Å². The topological polar surface area (TPSA) is 69.7 Å². The van der Waals surface area contributed by atoms with Crippen molar-refractivity contribution in [1.82, 2.24) is 14.5 Å². The Morgan fingerprint density at radius 1 is 0.853 bits per heavy atom. The third kappa shape index (κ3) is 6.41. The van der Waals surface area contributed by atoms with Crippen molar-refractivity contribution in [2.45, 2.75) is 11.4 Å². The van der Waals surface area contributed by atoms with Crippen molar-refractivity contribution in [3.8, 4) is 0 Å². The fourth-order valence-corrected chi connectivity index (χ4v) is 4.94. The van der Waals surface area contributed by atoms with Crippen LogP contribution in [-0.4, -0.2) is 56.8 Å². The number of nitrogens with one attached hydrogen (secondary N) is 1. The van der Waals surface area contributed by atoms with Crippen molar-refractivity contribution >= 4 is 22.0 Å². The number of sulfonamides is 1. The third-order valence-electron chi connectivity index (χ3n) is 5.83. The summed E-state index contributed by atoms with van der Waals surface area (Å²) in [5.41, 5.74) is 2.43. The lowest BCUT2D eigenvalue weighted by Crippen LogP contribution is -2.48. The largest absolute Gasteiger partial charge is 0.336 e. The van der Waals surface area contributed by atoms with Crippen LogP contribution in [0.5, 0.6) is 0 Å². The molecule has 1 N–H and O–H groups in total. The number of amides is 1. The Morgan fingerprint density at radius 3 is 2.24 bits per heavy atom. The Bertz CT molecular complexity index is 1220. The van der Waals surface area contributed by atoms with E-state index in [4.69, 9.17) is 0 Å². The highest BCUT2D eigenvalue weighted by Gasteiger charge is 2.23. The van der Waals surface area contributed by atoms with Gasteiger partial charge in [0, 0.05) is 44.8 Å². The van der Waals surface area contributed by atoms with E-state index >= 15 is 0 Å². The van der Waals surface area contributed by atoms with Gasteiger partial charge in [0.15, 0.2) is 0 Å². The van der Waals surface area contributed by atoms with Gasteiger partial charge in [-0.25, -0.2) is 13.1 Å². The van der Waals surface area contributed by atoms with Crippen LogP contribution in [-0.2, 0) is 16.6 Å².